The topological polar surface area (TPSA) is 61.4 Å². The Morgan fingerprint density at radius 3 is 2.86 bits per heavy atom. The summed E-state index contributed by atoms with van der Waals surface area (Å²) in [5.41, 5.74) is 1.13. The molecule has 0 spiro atoms. The first-order valence-corrected chi connectivity index (χ1v) is 7.47. The summed E-state index contributed by atoms with van der Waals surface area (Å²) in [4.78, 5) is 11.7. The van der Waals surface area contributed by atoms with Gasteiger partial charge in [-0.15, -0.1) is 0 Å². The van der Waals surface area contributed by atoms with Gasteiger partial charge in [0.15, 0.2) is 0 Å². The summed E-state index contributed by atoms with van der Waals surface area (Å²) in [5, 5.41) is 17.6. The molecule has 0 unspecified atom stereocenters. The number of phenols is 1. The molecule has 0 radical (unpaired) electrons. The van der Waals surface area contributed by atoms with E-state index in [1.165, 1.54) is 6.42 Å². The highest BCUT2D eigenvalue weighted by molar-refractivity contribution is 5.87. The minimum absolute atomic E-state index is 0.0808. The van der Waals surface area contributed by atoms with Crippen molar-refractivity contribution in [2.75, 3.05) is 6.54 Å². The highest BCUT2D eigenvalue weighted by Gasteiger charge is 2.18. The Morgan fingerprint density at radius 1 is 1.24 bits per heavy atom. The zero-order chi connectivity index (χ0) is 14.7. The number of benzene rings is 2. The van der Waals surface area contributed by atoms with Crippen LogP contribution >= 0.6 is 0 Å². The van der Waals surface area contributed by atoms with Gasteiger partial charge in [0.25, 0.3) is 0 Å². The van der Waals surface area contributed by atoms with Crippen molar-refractivity contribution < 1.29 is 9.90 Å². The van der Waals surface area contributed by atoms with Gasteiger partial charge in [-0.05, 0) is 54.2 Å². The number of carbonyl (C=O) groups excluding carboxylic acids is 1. The molecule has 0 aromatic heterocycles. The first kappa shape index (κ1) is 13.7. The van der Waals surface area contributed by atoms with Crippen LogP contribution in [0.2, 0.25) is 0 Å². The van der Waals surface area contributed by atoms with Crippen LogP contribution in [0.25, 0.3) is 10.8 Å². The largest absolute Gasteiger partial charge is 0.508 e. The van der Waals surface area contributed by atoms with Crippen molar-refractivity contribution in [2.24, 2.45) is 0 Å². The first-order chi connectivity index (χ1) is 10.2. The van der Waals surface area contributed by atoms with Gasteiger partial charge in [0.05, 0.1) is 0 Å². The van der Waals surface area contributed by atoms with E-state index in [1.807, 2.05) is 24.3 Å². The van der Waals surface area contributed by atoms with E-state index in [1.54, 1.807) is 12.1 Å². The van der Waals surface area contributed by atoms with E-state index in [4.69, 9.17) is 0 Å². The van der Waals surface area contributed by atoms with Crippen molar-refractivity contribution in [2.45, 2.75) is 31.7 Å². The molecule has 1 fully saturated rings. The molecule has 0 aliphatic heterocycles. The molecular weight excluding hydrogens is 264 g/mol. The Morgan fingerprint density at radius 2 is 2.10 bits per heavy atom. The minimum Gasteiger partial charge on any atom is -0.508 e. The van der Waals surface area contributed by atoms with E-state index >= 15 is 0 Å². The third-order valence-electron chi connectivity index (χ3n) is 4.08. The molecular formula is C17H20N2O2. The Hall–Kier alpha value is -2.23. The third kappa shape index (κ3) is 3.27. The zero-order valence-corrected chi connectivity index (χ0v) is 11.9. The molecule has 0 atom stereocenters. The van der Waals surface area contributed by atoms with Gasteiger partial charge < -0.3 is 15.7 Å². The molecule has 0 bridgehead atoms. The second-order valence-electron chi connectivity index (χ2n) is 5.60. The molecule has 3 N–H and O–H groups in total. The Bertz CT molecular complexity index is 650. The monoisotopic (exact) mass is 284 g/mol. The Labute approximate surface area is 124 Å². The predicted octanol–water partition coefficient (Wildman–Crippen LogP) is 2.94. The van der Waals surface area contributed by atoms with Gasteiger partial charge in [0.2, 0.25) is 0 Å². The average molecular weight is 284 g/mol. The second kappa shape index (κ2) is 6.04. The van der Waals surface area contributed by atoms with Crippen LogP contribution in [0.4, 0.5) is 4.79 Å². The maximum atomic E-state index is 11.7. The lowest BCUT2D eigenvalue weighted by atomic mass is 9.93. The van der Waals surface area contributed by atoms with Gasteiger partial charge in [0, 0.05) is 12.6 Å². The molecule has 0 heterocycles. The van der Waals surface area contributed by atoms with Crippen molar-refractivity contribution in [3.63, 3.8) is 0 Å². The van der Waals surface area contributed by atoms with Crippen LogP contribution in [-0.2, 0) is 6.42 Å². The van der Waals surface area contributed by atoms with Crippen LogP contribution in [0.1, 0.15) is 24.8 Å². The number of phenolic OH excluding ortho intramolecular Hbond substituents is 1. The number of amides is 2. The van der Waals surface area contributed by atoms with Crippen molar-refractivity contribution in [3.05, 3.63) is 42.0 Å². The van der Waals surface area contributed by atoms with E-state index in [0.717, 1.165) is 35.6 Å². The van der Waals surface area contributed by atoms with Crippen molar-refractivity contribution >= 4 is 16.8 Å². The van der Waals surface area contributed by atoms with Crippen LogP contribution in [0.3, 0.4) is 0 Å². The second-order valence-corrected chi connectivity index (χ2v) is 5.60. The number of hydrogen-bond donors (Lipinski definition) is 3. The summed E-state index contributed by atoms with van der Waals surface area (Å²) in [6.45, 7) is 0.591. The van der Waals surface area contributed by atoms with Crippen LogP contribution in [-0.4, -0.2) is 23.7 Å². The first-order valence-electron chi connectivity index (χ1n) is 7.47. The fourth-order valence-electron chi connectivity index (χ4n) is 2.64. The summed E-state index contributed by atoms with van der Waals surface area (Å²) >= 11 is 0. The lowest BCUT2D eigenvalue weighted by Crippen LogP contribution is -2.45. The summed E-state index contributed by atoms with van der Waals surface area (Å²) in [6, 6.07) is 11.7. The molecule has 2 aromatic carbocycles. The standard InChI is InChI=1S/C17H20N2O2/c20-15-8-7-12-3-1-4-13(16(12)11-15)9-10-18-17(21)19-14-5-2-6-14/h1,3-4,7-8,11,14,20H,2,5-6,9-10H2,(H2,18,19,21). The van der Waals surface area contributed by atoms with E-state index < -0.39 is 0 Å². The Balaban J connectivity index is 1.59. The maximum absolute atomic E-state index is 11.7. The molecule has 4 nitrogen and oxygen atoms in total. The van der Waals surface area contributed by atoms with Crippen LogP contribution in [0, 0.1) is 0 Å². The number of hydrogen-bond acceptors (Lipinski definition) is 2. The number of fused-ring (bicyclic) bond motifs is 1. The molecule has 2 amide bonds. The van der Waals surface area contributed by atoms with Crippen LogP contribution in [0.15, 0.2) is 36.4 Å². The molecule has 110 valence electrons. The lowest BCUT2D eigenvalue weighted by molar-refractivity contribution is 0.228. The SMILES string of the molecule is O=C(NCCc1cccc2ccc(O)cc12)NC1CCC1. The fraction of sp³-hybridized carbons (Fsp3) is 0.353. The molecule has 0 saturated heterocycles. The highest BCUT2D eigenvalue weighted by atomic mass is 16.3. The van der Waals surface area contributed by atoms with Gasteiger partial charge in [-0.2, -0.15) is 0 Å². The van der Waals surface area contributed by atoms with Crippen molar-refractivity contribution in [1.82, 2.24) is 10.6 Å². The molecule has 1 aliphatic rings. The molecule has 1 aliphatic carbocycles. The number of rotatable bonds is 4. The number of urea groups is 1. The summed E-state index contributed by atoms with van der Waals surface area (Å²) < 4.78 is 0. The summed E-state index contributed by atoms with van der Waals surface area (Å²) in [7, 11) is 0. The lowest BCUT2D eigenvalue weighted by Gasteiger charge is -2.26. The van der Waals surface area contributed by atoms with Gasteiger partial charge >= 0.3 is 6.03 Å². The van der Waals surface area contributed by atoms with Crippen LogP contribution < -0.4 is 10.6 Å². The van der Waals surface area contributed by atoms with Gasteiger partial charge in [0.1, 0.15) is 5.75 Å². The predicted molar refractivity (Wildman–Crippen MR) is 83.5 cm³/mol. The van der Waals surface area contributed by atoms with Gasteiger partial charge in [-0.1, -0.05) is 24.3 Å². The highest BCUT2D eigenvalue weighted by Crippen LogP contribution is 2.23. The van der Waals surface area contributed by atoms with E-state index in [0.29, 0.717) is 12.6 Å². The van der Waals surface area contributed by atoms with Gasteiger partial charge in [-0.3, -0.25) is 0 Å². The van der Waals surface area contributed by atoms with E-state index in [-0.39, 0.29) is 11.8 Å². The molecule has 3 rings (SSSR count). The molecule has 1 saturated carbocycles. The van der Waals surface area contributed by atoms with Crippen molar-refractivity contribution in [3.8, 4) is 5.75 Å². The summed E-state index contributed by atoms with van der Waals surface area (Å²) in [5.74, 6) is 0.269. The number of nitrogens with one attached hydrogen (secondary N) is 2. The number of carbonyl (C=O) groups is 1. The fourth-order valence-corrected chi connectivity index (χ4v) is 2.64. The minimum atomic E-state index is -0.0808. The van der Waals surface area contributed by atoms with Gasteiger partial charge in [-0.25, -0.2) is 4.79 Å². The summed E-state index contributed by atoms with van der Waals surface area (Å²) in [6.07, 6.45) is 4.15. The zero-order valence-electron chi connectivity index (χ0n) is 11.9. The molecule has 21 heavy (non-hydrogen) atoms. The quantitative estimate of drug-likeness (QED) is 0.808. The van der Waals surface area contributed by atoms with Crippen molar-refractivity contribution in [1.29, 1.82) is 0 Å². The molecule has 4 heteroatoms. The maximum Gasteiger partial charge on any atom is 0.315 e. The Kier molecular flexibility index (Phi) is 3.95. The average Bonchev–Trinajstić information content (AvgIpc) is 2.43. The smallest absolute Gasteiger partial charge is 0.315 e. The molecule has 2 aromatic rings. The van der Waals surface area contributed by atoms with Crippen LogP contribution in [0.5, 0.6) is 5.75 Å². The van der Waals surface area contributed by atoms with E-state index in [9.17, 15) is 9.90 Å². The number of aromatic hydroxyl groups is 1. The third-order valence-corrected chi connectivity index (χ3v) is 4.08. The normalized spacial score (nSPS) is 14.7. The van der Waals surface area contributed by atoms with E-state index in [2.05, 4.69) is 10.6 Å².